The molecular formula is C15H21BO3. The zero-order valence-corrected chi connectivity index (χ0v) is 12.1. The first-order valence-corrected chi connectivity index (χ1v) is 6.71. The fraction of sp³-hybridized carbons (Fsp3) is 0.533. The number of hydrogen-bond acceptors (Lipinski definition) is 3. The van der Waals surface area contributed by atoms with Crippen molar-refractivity contribution in [2.75, 3.05) is 0 Å². The summed E-state index contributed by atoms with van der Waals surface area (Å²) in [4.78, 5) is 11.0. The lowest BCUT2D eigenvalue weighted by molar-refractivity contribution is -0.108. The fourth-order valence-corrected chi connectivity index (χ4v) is 2.26. The molecule has 0 saturated carbocycles. The summed E-state index contributed by atoms with van der Waals surface area (Å²) in [5.74, 6) is -0.0558. The summed E-state index contributed by atoms with van der Waals surface area (Å²) in [5.41, 5.74) is 0.342. The van der Waals surface area contributed by atoms with E-state index in [1.54, 1.807) is 0 Å². The van der Waals surface area contributed by atoms with E-state index in [4.69, 9.17) is 9.31 Å². The van der Waals surface area contributed by atoms with Gasteiger partial charge in [-0.15, -0.1) is 0 Å². The lowest BCUT2D eigenvalue weighted by Crippen LogP contribution is -2.41. The Bertz CT molecular complexity index is 426. The van der Waals surface area contributed by atoms with Crippen molar-refractivity contribution < 1.29 is 14.1 Å². The van der Waals surface area contributed by atoms with Crippen LogP contribution in [-0.4, -0.2) is 24.6 Å². The maximum Gasteiger partial charge on any atom is 0.466 e. The van der Waals surface area contributed by atoms with Gasteiger partial charge in [-0.3, -0.25) is 0 Å². The van der Waals surface area contributed by atoms with Crippen molar-refractivity contribution in [1.82, 2.24) is 0 Å². The maximum absolute atomic E-state index is 11.0. The molecule has 102 valence electrons. The van der Waals surface area contributed by atoms with Gasteiger partial charge in [0, 0.05) is 12.2 Å². The van der Waals surface area contributed by atoms with E-state index in [0.717, 1.165) is 11.8 Å². The van der Waals surface area contributed by atoms with Crippen LogP contribution in [0.3, 0.4) is 0 Å². The molecule has 1 atom stereocenters. The van der Waals surface area contributed by atoms with Crippen molar-refractivity contribution in [3.05, 3.63) is 35.9 Å². The first kappa shape index (κ1) is 14.3. The van der Waals surface area contributed by atoms with Crippen LogP contribution in [0.15, 0.2) is 30.3 Å². The van der Waals surface area contributed by atoms with Crippen molar-refractivity contribution in [3.8, 4) is 0 Å². The minimum Gasteiger partial charge on any atom is -0.403 e. The van der Waals surface area contributed by atoms with Gasteiger partial charge in [0.1, 0.15) is 6.29 Å². The van der Waals surface area contributed by atoms with E-state index in [2.05, 4.69) is 0 Å². The molecule has 1 aliphatic rings. The Morgan fingerprint density at radius 2 is 1.63 bits per heavy atom. The van der Waals surface area contributed by atoms with Gasteiger partial charge in [-0.2, -0.15) is 0 Å². The van der Waals surface area contributed by atoms with Crippen LogP contribution < -0.4 is 0 Å². The van der Waals surface area contributed by atoms with Gasteiger partial charge in [-0.1, -0.05) is 30.3 Å². The molecule has 1 heterocycles. The van der Waals surface area contributed by atoms with Crippen molar-refractivity contribution in [2.45, 2.75) is 51.1 Å². The van der Waals surface area contributed by atoms with Gasteiger partial charge in [0.25, 0.3) is 0 Å². The first-order chi connectivity index (χ1) is 8.87. The Labute approximate surface area is 115 Å². The lowest BCUT2D eigenvalue weighted by Gasteiger charge is -2.32. The Morgan fingerprint density at radius 3 is 2.11 bits per heavy atom. The highest BCUT2D eigenvalue weighted by atomic mass is 16.7. The normalized spacial score (nSPS) is 22.2. The van der Waals surface area contributed by atoms with Crippen LogP contribution in [0, 0.1) is 0 Å². The molecule has 0 radical (unpaired) electrons. The minimum atomic E-state index is -0.377. The van der Waals surface area contributed by atoms with E-state index in [1.165, 1.54) is 0 Å². The van der Waals surface area contributed by atoms with Gasteiger partial charge in [-0.25, -0.2) is 0 Å². The number of hydrogen-bond donors (Lipinski definition) is 0. The Balaban J connectivity index is 2.25. The number of carbonyl (C=O) groups excluding carboxylic acids is 1. The highest BCUT2D eigenvalue weighted by molar-refractivity contribution is 6.48. The molecule has 2 rings (SSSR count). The molecule has 1 saturated heterocycles. The van der Waals surface area contributed by atoms with Gasteiger partial charge >= 0.3 is 7.12 Å². The molecule has 0 spiro atoms. The molecule has 1 fully saturated rings. The van der Waals surface area contributed by atoms with E-state index in [-0.39, 0.29) is 24.1 Å². The minimum absolute atomic E-state index is 0.0558. The maximum atomic E-state index is 11.0. The Kier molecular flexibility index (Phi) is 3.84. The van der Waals surface area contributed by atoms with Crippen molar-refractivity contribution in [1.29, 1.82) is 0 Å². The third-order valence-electron chi connectivity index (χ3n) is 4.18. The molecule has 0 bridgehead atoms. The van der Waals surface area contributed by atoms with Gasteiger partial charge < -0.3 is 14.1 Å². The zero-order chi connectivity index (χ0) is 14.1. The number of benzene rings is 1. The van der Waals surface area contributed by atoms with Crippen molar-refractivity contribution in [3.63, 3.8) is 0 Å². The average Bonchev–Trinajstić information content (AvgIpc) is 2.56. The molecule has 1 aromatic rings. The second-order valence-corrected chi connectivity index (χ2v) is 6.04. The van der Waals surface area contributed by atoms with Gasteiger partial charge in [0.05, 0.1) is 11.2 Å². The van der Waals surface area contributed by atoms with Crippen LogP contribution in [0.1, 0.15) is 45.5 Å². The summed E-state index contributed by atoms with van der Waals surface area (Å²) in [5, 5.41) is 0. The highest BCUT2D eigenvalue weighted by Crippen LogP contribution is 2.41. The van der Waals surface area contributed by atoms with Crippen LogP contribution >= 0.6 is 0 Å². The van der Waals surface area contributed by atoms with E-state index in [1.807, 2.05) is 58.0 Å². The van der Waals surface area contributed by atoms with E-state index >= 15 is 0 Å². The van der Waals surface area contributed by atoms with E-state index in [9.17, 15) is 4.79 Å². The third-order valence-corrected chi connectivity index (χ3v) is 4.18. The molecule has 0 amide bonds. The molecule has 3 nitrogen and oxygen atoms in total. The van der Waals surface area contributed by atoms with Crippen LogP contribution in [0.5, 0.6) is 0 Å². The van der Waals surface area contributed by atoms with Crippen molar-refractivity contribution in [2.24, 2.45) is 0 Å². The SMILES string of the molecule is CC1(C)OB([C@H](CC=O)c2ccccc2)OC1(C)C. The fourth-order valence-electron chi connectivity index (χ4n) is 2.26. The highest BCUT2D eigenvalue weighted by Gasteiger charge is 2.53. The van der Waals surface area contributed by atoms with E-state index < -0.39 is 0 Å². The molecule has 4 heteroatoms. The van der Waals surface area contributed by atoms with Crippen molar-refractivity contribution >= 4 is 13.4 Å². The summed E-state index contributed by atoms with van der Waals surface area (Å²) in [7, 11) is -0.377. The molecule has 0 N–H and O–H groups in total. The summed E-state index contributed by atoms with van der Waals surface area (Å²) < 4.78 is 12.1. The second-order valence-electron chi connectivity index (χ2n) is 6.04. The van der Waals surface area contributed by atoms with Crippen LogP contribution in [0.4, 0.5) is 0 Å². The summed E-state index contributed by atoms with van der Waals surface area (Å²) in [6, 6.07) is 9.93. The molecule has 1 aliphatic heterocycles. The standard InChI is InChI=1S/C15H21BO3/c1-14(2)15(3,4)19-16(18-14)13(10-11-17)12-8-6-5-7-9-12/h5-9,11,13H,10H2,1-4H3/t13-/m1/s1. The summed E-state index contributed by atoms with van der Waals surface area (Å²) in [6.07, 6.45) is 1.34. The molecule has 1 aromatic carbocycles. The van der Waals surface area contributed by atoms with Gasteiger partial charge in [0.15, 0.2) is 0 Å². The molecule has 0 aliphatic carbocycles. The predicted molar refractivity (Wildman–Crippen MR) is 75.9 cm³/mol. The lowest BCUT2D eigenvalue weighted by atomic mass is 9.66. The largest absolute Gasteiger partial charge is 0.466 e. The van der Waals surface area contributed by atoms with Gasteiger partial charge in [-0.05, 0) is 33.3 Å². The van der Waals surface area contributed by atoms with Gasteiger partial charge in [0.2, 0.25) is 0 Å². The first-order valence-electron chi connectivity index (χ1n) is 6.71. The van der Waals surface area contributed by atoms with Crippen LogP contribution in [0.25, 0.3) is 0 Å². The summed E-state index contributed by atoms with van der Waals surface area (Å²) in [6.45, 7) is 8.10. The van der Waals surface area contributed by atoms with Crippen LogP contribution in [-0.2, 0) is 14.1 Å². The third kappa shape index (κ3) is 2.75. The second kappa shape index (κ2) is 5.10. The number of rotatable bonds is 4. The monoisotopic (exact) mass is 260 g/mol. The average molecular weight is 260 g/mol. The van der Waals surface area contributed by atoms with Crippen LogP contribution in [0.2, 0.25) is 0 Å². The Hall–Kier alpha value is -1.13. The zero-order valence-electron chi connectivity index (χ0n) is 12.1. The van der Waals surface area contributed by atoms with E-state index in [0.29, 0.717) is 6.42 Å². The molecule has 19 heavy (non-hydrogen) atoms. The number of carbonyl (C=O) groups is 1. The Morgan fingerprint density at radius 1 is 1.11 bits per heavy atom. The quantitative estimate of drug-likeness (QED) is 0.616. The molecule has 0 aromatic heterocycles. The molecule has 0 unspecified atom stereocenters. The number of aldehydes is 1. The molecular weight excluding hydrogens is 239 g/mol. The predicted octanol–water partition coefficient (Wildman–Crippen LogP) is 2.99. The summed E-state index contributed by atoms with van der Waals surface area (Å²) >= 11 is 0. The smallest absolute Gasteiger partial charge is 0.403 e. The topological polar surface area (TPSA) is 35.5 Å².